The lowest BCUT2D eigenvalue weighted by Crippen LogP contribution is -2.08. The Hall–Kier alpha value is -1.55. The standard InChI is InChI=1S/C11H9F2NO/c12-11(13)10(15)9-6-14-5-7-3-1-2-4-8(7)9/h1-6,10-11,15H. The van der Waals surface area contributed by atoms with Gasteiger partial charge in [0, 0.05) is 23.3 Å². The fraction of sp³-hybridized carbons (Fsp3) is 0.182. The van der Waals surface area contributed by atoms with Crippen LogP contribution < -0.4 is 0 Å². The van der Waals surface area contributed by atoms with Gasteiger partial charge in [0.1, 0.15) is 6.10 Å². The highest BCUT2D eigenvalue weighted by molar-refractivity contribution is 5.84. The van der Waals surface area contributed by atoms with Crippen LogP contribution in [0.3, 0.4) is 0 Å². The second kappa shape index (κ2) is 3.90. The minimum Gasteiger partial charge on any atom is -0.382 e. The molecule has 2 aromatic rings. The molecule has 78 valence electrons. The molecule has 0 aliphatic rings. The number of hydrogen-bond acceptors (Lipinski definition) is 2. The number of fused-ring (bicyclic) bond motifs is 1. The largest absolute Gasteiger partial charge is 0.382 e. The van der Waals surface area contributed by atoms with Gasteiger partial charge in [0.25, 0.3) is 6.43 Å². The lowest BCUT2D eigenvalue weighted by molar-refractivity contribution is -0.00511. The fourth-order valence-corrected chi connectivity index (χ4v) is 1.51. The summed E-state index contributed by atoms with van der Waals surface area (Å²) in [7, 11) is 0. The van der Waals surface area contributed by atoms with Gasteiger partial charge in [0.15, 0.2) is 0 Å². The molecule has 2 nitrogen and oxygen atoms in total. The third-order valence-corrected chi connectivity index (χ3v) is 2.26. The molecule has 1 heterocycles. The van der Waals surface area contributed by atoms with E-state index in [1.54, 1.807) is 30.5 Å². The van der Waals surface area contributed by atoms with Crippen LogP contribution in [-0.4, -0.2) is 16.5 Å². The van der Waals surface area contributed by atoms with Crippen LogP contribution in [0.2, 0.25) is 0 Å². The van der Waals surface area contributed by atoms with E-state index >= 15 is 0 Å². The first-order valence-corrected chi connectivity index (χ1v) is 4.49. The number of aliphatic hydroxyl groups is 1. The third kappa shape index (κ3) is 1.80. The molecule has 0 amide bonds. The Morgan fingerprint density at radius 3 is 2.60 bits per heavy atom. The number of rotatable bonds is 2. The average Bonchev–Trinajstić information content (AvgIpc) is 2.27. The molecule has 0 fully saturated rings. The maximum Gasteiger partial charge on any atom is 0.268 e. The summed E-state index contributed by atoms with van der Waals surface area (Å²) in [4.78, 5) is 3.82. The van der Waals surface area contributed by atoms with Gasteiger partial charge in [-0.3, -0.25) is 4.98 Å². The molecule has 1 aromatic heterocycles. The topological polar surface area (TPSA) is 33.1 Å². The monoisotopic (exact) mass is 209 g/mol. The van der Waals surface area contributed by atoms with E-state index in [1.165, 1.54) is 6.20 Å². The van der Waals surface area contributed by atoms with Crippen LogP contribution in [0.1, 0.15) is 11.7 Å². The third-order valence-electron chi connectivity index (χ3n) is 2.26. The summed E-state index contributed by atoms with van der Waals surface area (Å²) in [6, 6.07) is 6.99. The summed E-state index contributed by atoms with van der Waals surface area (Å²) in [5.74, 6) is 0. The SMILES string of the molecule is OC(c1cncc2ccccc12)C(F)F. The summed E-state index contributed by atoms with van der Waals surface area (Å²) in [5, 5.41) is 10.7. The van der Waals surface area contributed by atoms with E-state index in [4.69, 9.17) is 0 Å². The van der Waals surface area contributed by atoms with E-state index in [0.29, 0.717) is 5.39 Å². The molecule has 2 rings (SSSR count). The van der Waals surface area contributed by atoms with Gasteiger partial charge in [-0.2, -0.15) is 0 Å². The lowest BCUT2D eigenvalue weighted by atomic mass is 10.0. The maximum atomic E-state index is 12.4. The Kier molecular flexibility index (Phi) is 2.60. The average molecular weight is 209 g/mol. The number of nitrogens with zero attached hydrogens (tertiary/aromatic N) is 1. The molecule has 4 heteroatoms. The van der Waals surface area contributed by atoms with Crippen molar-refractivity contribution < 1.29 is 13.9 Å². The van der Waals surface area contributed by atoms with Crippen molar-refractivity contribution in [2.24, 2.45) is 0 Å². The maximum absolute atomic E-state index is 12.4. The predicted molar refractivity (Wildman–Crippen MR) is 52.7 cm³/mol. The highest BCUT2D eigenvalue weighted by atomic mass is 19.3. The van der Waals surface area contributed by atoms with E-state index in [1.807, 2.05) is 0 Å². The summed E-state index contributed by atoms with van der Waals surface area (Å²) in [5.41, 5.74) is 0.170. The molecule has 1 atom stereocenters. The van der Waals surface area contributed by atoms with Crippen molar-refractivity contribution in [1.29, 1.82) is 0 Å². The van der Waals surface area contributed by atoms with Crippen molar-refractivity contribution >= 4 is 10.8 Å². The summed E-state index contributed by atoms with van der Waals surface area (Å²) < 4.78 is 24.7. The van der Waals surface area contributed by atoms with Gasteiger partial charge in [-0.05, 0) is 5.39 Å². The number of hydrogen-bond donors (Lipinski definition) is 1. The van der Waals surface area contributed by atoms with Crippen LogP contribution in [0, 0.1) is 0 Å². The molecule has 0 aliphatic carbocycles. The van der Waals surface area contributed by atoms with Gasteiger partial charge in [-0.1, -0.05) is 24.3 Å². The molecule has 0 spiro atoms. The second-order valence-electron chi connectivity index (χ2n) is 3.23. The van der Waals surface area contributed by atoms with Gasteiger partial charge >= 0.3 is 0 Å². The van der Waals surface area contributed by atoms with Crippen molar-refractivity contribution in [3.63, 3.8) is 0 Å². The van der Waals surface area contributed by atoms with Crippen LogP contribution in [-0.2, 0) is 0 Å². The first-order chi connectivity index (χ1) is 7.20. The van der Waals surface area contributed by atoms with E-state index in [9.17, 15) is 13.9 Å². The summed E-state index contributed by atoms with van der Waals surface area (Å²) in [6.07, 6.45) is -1.71. The molecule has 0 radical (unpaired) electrons. The van der Waals surface area contributed by atoms with Crippen LogP contribution in [0.25, 0.3) is 10.8 Å². The Morgan fingerprint density at radius 1 is 1.13 bits per heavy atom. The number of aliphatic hydroxyl groups excluding tert-OH is 1. The highest BCUT2D eigenvalue weighted by Crippen LogP contribution is 2.26. The first-order valence-electron chi connectivity index (χ1n) is 4.49. The smallest absolute Gasteiger partial charge is 0.268 e. The molecule has 1 aromatic carbocycles. The summed E-state index contributed by atoms with van der Waals surface area (Å²) >= 11 is 0. The van der Waals surface area contributed by atoms with E-state index in [2.05, 4.69) is 4.98 Å². The fourth-order valence-electron chi connectivity index (χ4n) is 1.51. The Morgan fingerprint density at radius 2 is 1.87 bits per heavy atom. The molecule has 15 heavy (non-hydrogen) atoms. The first kappa shape index (κ1) is 9.98. The minimum atomic E-state index is -2.79. The predicted octanol–water partition coefficient (Wildman–Crippen LogP) is 2.53. The molecule has 1 unspecified atom stereocenters. The van der Waals surface area contributed by atoms with Gasteiger partial charge in [0.05, 0.1) is 0 Å². The molecular formula is C11H9F2NO. The number of aromatic nitrogens is 1. The number of benzene rings is 1. The Bertz CT molecular complexity index is 468. The van der Waals surface area contributed by atoms with E-state index in [0.717, 1.165) is 5.39 Å². The molecule has 0 bridgehead atoms. The Labute approximate surface area is 85.2 Å². The number of pyridine rings is 1. The van der Waals surface area contributed by atoms with Crippen molar-refractivity contribution in [2.45, 2.75) is 12.5 Å². The molecular weight excluding hydrogens is 200 g/mol. The van der Waals surface area contributed by atoms with Crippen LogP contribution in [0.4, 0.5) is 8.78 Å². The molecule has 0 aliphatic heterocycles. The van der Waals surface area contributed by atoms with E-state index in [-0.39, 0.29) is 5.56 Å². The number of alkyl halides is 2. The minimum absolute atomic E-state index is 0.170. The van der Waals surface area contributed by atoms with Crippen molar-refractivity contribution in [3.8, 4) is 0 Å². The van der Waals surface area contributed by atoms with E-state index < -0.39 is 12.5 Å². The van der Waals surface area contributed by atoms with Crippen molar-refractivity contribution in [3.05, 3.63) is 42.2 Å². The number of halogens is 2. The zero-order valence-corrected chi connectivity index (χ0v) is 7.77. The van der Waals surface area contributed by atoms with Gasteiger partial charge < -0.3 is 5.11 Å². The second-order valence-corrected chi connectivity index (χ2v) is 3.23. The van der Waals surface area contributed by atoms with Gasteiger partial charge in [-0.15, -0.1) is 0 Å². The normalized spacial score (nSPS) is 13.3. The quantitative estimate of drug-likeness (QED) is 0.824. The molecule has 1 N–H and O–H groups in total. The zero-order valence-electron chi connectivity index (χ0n) is 7.77. The summed E-state index contributed by atoms with van der Waals surface area (Å²) in [6.45, 7) is 0. The molecule has 0 saturated carbocycles. The van der Waals surface area contributed by atoms with Gasteiger partial charge in [0.2, 0.25) is 0 Å². The highest BCUT2D eigenvalue weighted by Gasteiger charge is 2.21. The lowest BCUT2D eigenvalue weighted by Gasteiger charge is -2.11. The zero-order chi connectivity index (χ0) is 10.8. The van der Waals surface area contributed by atoms with Crippen LogP contribution in [0.15, 0.2) is 36.7 Å². The Balaban J connectivity index is 2.60. The van der Waals surface area contributed by atoms with Crippen molar-refractivity contribution in [1.82, 2.24) is 4.98 Å². The van der Waals surface area contributed by atoms with Crippen LogP contribution in [0.5, 0.6) is 0 Å². The van der Waals surface area contributed by atoms with Crippen LogP contribution >= 0.6 is 0 Å². The molecule has 0 saturated heterocycles. The van der Waals surface area contributed by atoms with Gasteiger partial charge in [-0.25, -0.2) is 8.78 Å². The van der Waals surface area contributed by atoms with Crippen molar-refractivity contribution in [2.75, 3.05) is 0 Å².